The van der Waals surface area contributed by atoms with Gasteiger partial charge in [-0.25, -0.2) is 0 Å². The fourth-order valence-electron chi connectivity index (χ4n) is 12.0. The number of aryl methyl sites for hydroxylation is 6. The van der Waals surface area contributed by atoms with Gasteiger partial charge < -0.3 is 69.2 Å². The molecule has 7 aromatic rings. The van der Waals surface area contributed by atoms with Crippen LogP contribution in [0.3, 0.4) is 0 Å². The van der Waals surface area contributed by atoms with Crippen LogP contribution >= 0.6 is 0 Å². The number of methoxy groups -OCH3 is 7. The van der Waals surface area contributed by atoms with Gasteiger partial charge in [-0.3, -0.25) is 71.9 Å². The molecule has 7 rings (SSSR count). The molecule has 30 heteroatoms. The molecule has 1 atom stereocenters. The molecule has 0 saturated carbocycles. The first-order valence-corrected chi connectivity index (χ1v) is 45.2. The van der Waals surface area contributed by atoms with Crippen molar-refractivity contribution in [2.24, 2.45) is 0 Å². The molecule has 7 heterocycles. The van der Waals surface area contributed by atoms with Crippen molar-refractivity contribution in [3.8, 4) is 0 Å². The lowest BCUT2D eigenvalue weighted by atomic mass is 10.1. The van der Waals surface area contributed by atoms with Crippen molar-refractivity contribution in [2.45, 2.75) is 286 Å². The smallest absolute Gasteiger partial charge is 0.198 e. The highest BCUT2D eigenvalue weighted by atomic mass is 16.5. The van der Waals surface area contributed by atoms with Crippen LogP contribution in [0.25, 0.3) is 0 Å². The molecular formula is C101H144O30. The van der Waals surface area contributed by atoms with E-state index in [1.807, 2.05) is 70.2 Å². The highest BCUT2D eigenvalue weighted by molar-refractivity contribution is 5.99. The summed E-state index contributed by atoms with van der Waals surface area (Å²) in [4.78, 5) is 173. The van der Waals surface area contributed by atoms with Crippen molar-refractivity contribution in [1.82, 2.24) is 0 Å². The van der Waals surface area contributed by atoms with Gasteiger partial charge in [0.15, 0.2) is 52.0 Å². The molecule has 0 aromatic carbocycles. The molecule has 0 aliphatic rings. The first-order valence-electron chi connectivity index (χ1n) is 45.2. The van der Waals surface area contributed by atoms with Gasteiger partial charge in [-0.2, -0.15) is 0 Å². The summed E-state index contributed by atoms with van der Waals surface area (Å²) in [5, 5.41) is 9.21. The van der Waals surface area contributed by atoms with E-state index in [9.17, 15) is 77.0 Å². The molecule has 1 unspecified atom stereocenters. The monoisotopic (exact) mass is 1840 g/mol. The molecule has 0 amide bonds. The lowest BCUT2D eigenvalue weighted by Gasteiger charge is -2.01. The Labute approximate surface area is 771 Å². The summed E-state index contributed by atoms with van der Waals surface area (Å²) in [5.74, 6) is 8.76. The number of aliphatic hydroxyl groups is 1. The normalized spacial score (nSPS) is 10.8. The van der Waals surface area contributed by atoms with E-state index in [-0.39, 0.29) is 182 Å². The molecule has 728 valence electrons. The summed E-state index contributed by atoms with van der Waals surface area (Å²) in [7, 11) is 11.0. The van der Waals surface area contributed by atoms with E-state index in [4.69, 9.17) is 64.1 Å². The highest BCUT2D eigenvalue weighted by Crippen LogP contribution is 2.20. The Kier molecular flexibility index (Phi) is 67.3. The maximum Gasteiger partial charge on any atom is 0.198 e. The zero-order chi connectivity index (χ0) is 97.5. The summed E-state index contributed by atoms with van der Waals surface area (Å²) in [6, 6.07) is 24.6. The summed E-state index contributed by atoms with van der Waals surface area (Å²) in [6.07, 6.45) is 16.7. The number of carbonyl (C=O) groups is 15. The molecule has 0 aliphatic heterocycles. The van der Waals surface area contributed by atoms with Gasteiger partial charge in [-0.05, 0) is 151 Å². The van der Waals surface area contributed by atoms with Gasteiger partial charge in [0.1, 0.15) is 122 Å². The Hall–Kier alpha value is -10.3. The zero-order valence-corrected chi connectivity index (χ0v) is 79.9. The highest BCUT2D eigenvalue weighted by Gasteiger charge is 2.20. The van der Waals surface area contributed by atoms with Crippen LogP contribution in [0.2, 0.25) is 0 Å². The predicted molar refractivity (Wildman–Crippen MR) is 489 cm³/mol. The Morgan fingerprint density at radius 2 is 0.580 bits per heavy atom. The van der Waals surface area contributed by atoms with Crippen LogP contribution in [0.1, 0.15) is 314 Å². The van der Waals surface area contributed by atoms with Crippen molar-refractivity contribution in [1.29, 1.82) is 0 Å². The number of Topliss-reactive ketones (excluding diaryl/α,β-unsaturated/α-hetero) is 15. The zero-order valence-electron chi connectivity index (χ0n) is 79.9. The molecular weight excluding hydrogens is 1690 g/mol. The van der Waals surface area contributed by atoms with Gasteiger partial charge in [0.05, 0.1) is 45.2 Å². The number of ketones is 15. The Morgan fingerprint density at radius 1 is 0.275 bits per heavy atom. The van der Waals surface area contributed by atoms with E-state index < -0.39 is 6.10 Å². The predicted octanol–water partition coefficient (Wildman–Crippen LogP) is 17.8. The van der Waals surface area contributed by atoms with Crippen LogP contribution in [0.15, 0.2) is 116 Å². The van der Waals surface area contributed by atoms with E-state index in [0.29, 0.717) is 158 Å². The summed E-state index contributed by atoms with van der Waals surface area (Å²) < 4.78 is 71.4. The van der Waals surface area contributed by atoms with Gasteiger partial charge in [0, 0.05) is 237 Å². The third kappa shape index (κ3) is 61.1. The average Bonchev–Trinajstić information content (AvgIpc) is 1.72. The van der Waals surface area contributed by atoms with Crippen LogP contribution in [-0.2, 0) is 137 Å². The van der Waals surface area contributed by atoms with Gasteiger partial charge in [0.25, 0.3) is 0 Å². The first-order chi connectivity index (χ1) is 62.8. The number of rotatable bonds is 66. The van der Waals surface area contributed by atoms with Crippen LogP contribution in [0, 0.1) is 13.8 Å². The maximum absolute atomic E-state index is 11.8. The fraction of sp³-hybridized carbons (Fsp3) is 0.574. The topological polar surface area (TPSA) is 433 Å². The quantitative estimate of drug-likeness (QED) is 0.0273. The Bertz CT molecular complexity index is 4430. The summed E-state index contributed by atoms with van der Waals surface area (Å²) in [5.41, 5.74) is 0. The summed E-state index contributed by atoms with van der Waals surface area (Å²) in [6.45, 7) is 15.9. The van der Waals surface area contributed by atoms with E-state index in [2.05, 4.69) is 0 Å². The lowest BCUT2D eigenvalue weighted by molar-refractivity contribution is -0.126. The molecule has 0 spiro atoms. The van der Waals surface area contributed by atoms with Crippen molar-refractivity contribution < 1.29 is 141 Å². The van der Waals surface area contributed by atoms with Gasteiger partial charge >= 0.3 is 0 Å². The van der Waals surface area contributed by atoms with Crippen LogP contribution in [0.5, 0.6) is 0 Å². The van der Waals surface area contributed by atoms with Gasteiger partial charge in [0.2, 0.25) is 0 Å². The van der Waals surface area contributed by atoms with Gasteiger partial charge in [-0.1, -0.05) is 27.2 Å². The second-order valence-electron chi connectivity index (χ2n) is 31.2. The molecule has 0 fully saturated rings. The molecule has 1 N–H and O–H groups in total. The number of aliphatic hydroxyl groups excluding tert-OH is 1. The van der Waals surface area contributed by atoms with E-state index in [1.54, 1.807) is 72.6 Å². The molecule has 0 aliphatic carbocycles. The average molecular weight is 1840 g/mol. The van der Waals surface area contributed by atoms with E-state index >= 15 is 0 Å². The van der Waals surface area contributed by atoms with Crippen molar-refractivity contribution in [3.63, 3.8) is 0 Å². The second kappa shape index (κ2) is 74.3. The van der Waals surface area contributed by atoms with Gasteiger partial charge in [-0.15, -0.1) is 0 Å². The number of ether oxygens (including phenoxy) is 7. The molecule has 0 radical (unpaired) electrons. The molecule has 131 heavy (non-hydrogen) atoms. The molecule has 7 aromatic heterocycles. The summed E-state index contributed by atoms with van der Waals surface area (Å²) >= 11 is 0. The van der Waals surface area contributed by atoms with Crippen molar-refractivity contribution in [3.05, 3.63) is 166 Å². The largest absolute Gasteiger partial charge is 0.466 e. The minimum atomic E-state index is -0.510. The SMILES string of the molecule is CCC(=O)c1ccc(C(=O)CCC(=O)CCOC)o1.CCc1ccc(C(=O)CCC(=O)CCCCCOC)o1.CCc1ccc(CC(=O)CCC(=O)CCOC)o1.COCC(=O)CCC(=O)CCCc1ccc(C)o1.COCCC(=O)CCC(=O)c1ccc(CC(C)O)o1.COCCCC(=O)CCC(=O)Cc1ccc(CC(C)=O)o1.COCCCC(=O)CCCc1ccc(C)o1. The second-order valence-corrected chi connectivity index (χ2v) is 31.2. The van der Waals surface area contributed by atoms with Crippen molar-refractivity contribution in [2.75, 3.05) is 96.0 Å². The number of unbranched alkanes of at least 4 members (excludes halogenated alkanes) is 2. The molecule has 30 nitrogen and oxygen atoms in total. The molecule has 0 saturated heterocycles. The van der Waals surface area contributed by atoms with E-state index in [0.717, 1.165) is 105 Å². The minimum absolute atomic E-state index is 0.00552. The fourth-order valence-corrected chi connectivity index (χ4v) is 12.0. The number of furan rings is 7. The third-order valence-electron chi connectivity index (χ3n) is 19.4. The number of hydrogen-bond donors (Lipinski definition) is 1. The molecule has 0 bridgehead atoms. The van der Waals surface area contributed by atoms with Crippen LogP contribution in [0.4, 0.5) is 0 Å². The van der Waals surface area contributed by atoms with Crippen LogP contribution in [-0.4, -0.2) is 194 Å². The lowest BCUT2D eigenvalue weighted by Crippen LogP contribution is -2.09. The Balaban J connectivity index is 0.000000765. The minimum Gasteiger partial charge on any atom is -0.466 e. The van der Waals surface area contributed by atoms with Crippen LogP contribution < -0.4 is 0 Å². The first kappa shape index (κ1) is 119. The van der Waals surface area contributed by atoms with E-state index in [1.165, 1.54) is 40.4 Å². The van der Waals surface area contributed by atoms with Crippen molar-refractivity contribution >= 4 is 86.7 Å². The Morgan fingerprint density at radius 3 is 0.954 bits per heavy atom. The standard InChI is InChI=1S/C16H22O5.C16H24O4.C14H20O5.C14H18O5.2C14H20O4.C13H20O3/c1-12(17)10-15-7-8-16(21-15)11-14(19)6-5-13(18)4-3-9-20-2;1-3-14-9-11-16(20-14)15(18)10-8-13(17)7-5-4-6-12-19-2;1-10(15)9-12-4-6-14(19-12)13(17)5-3-11(16)7-8-18-2;1-3-11(16)13-6-7-14(19-13)12(17)5-4-10(15)8-9-18-2;1-11-6-9-14(18-11)5-3-4-12(15)7-8-13(16)10-17-2;1-3-13-6-7-14(18-13)10-12(16)5-4-11(15)8-9-17-2;1-11-8-9-13(16-11)7-3-5-12(14)6-4-10-15-2/h7-8H,3-6,9-11H2,1-2H3;9,11H,3-8,10,12H2,1-2H3;4,6,10,15H,3,5,7-9H2,1-2H3;6-7H,3-5,8-9H2,1-2H3;6,9H,3-5,7-8,10H2,1-2H3;6-7H,3-5,8-10H2,1-2H3;8-9H,3-7,10H2,1-2H3. The number of carbonyl (C=O) groups excluding carboxylic acids is 15. The third-order valence-corrected chi connectivity index (χ3v) is 19.4. The number of hydrogen-bond acceptors (Lipinski definition) is 30. The maximum atomic E-state index is 11.8.